The lowest BCUT2D eigenvalue weighted by Gasteiger charge is -2.10. The largest absolute Gasteiger partial charge is 0.493 e. The average molecular weight is 435 g/mol. The summed E-state index contributed by atoms with van der Waals surface area (Å²) in [5, 5.41) is 0. The van der Waals surface area contributed by atoms with Gasteiger partial charge in [-0.1, -0.05) is 46.0 Å². The molecule has 1 aromatic heterocycles. The van der Waals surface area contributed by atoms with E-state index in [0.717, 1.165) is 31.2 Å². The molecule has 0 aliphatic rings. The molecule has 4 nitrogen and oxygen atoms in total. The molecule has 0 bridgehead atoms. The van der Waals surface area contributed by atoms with Crippen molar-refractivity contribution in [3.63, 3.8) is 0 Å². The predicted octanol–water partition coefficient (Wildman–Crippen LogP) is 7.13. The van der Waals surface area contributed by atoms with E-state index in [1.165, 1.54) is 6.42 Å². The molecule has 31 heavy (non-hydrogen) atoms. The summed E-state index contributed by atoms with van der Waals surface area (Å²) in [6, 6.07) is 7.41. The van der Waals surface area contributed by atoms with Crippen LogP contribution in [0, 0.1) is 0 Å². The fourth-order valence-electron chi connectivity index (χ4n) is 3.24. The van der Waals surface area contributed by atoms with Crippen molar-refractivity contribution in [1.29, 1.82) is 0 Å². The van der Waals surface area contributed by atoms with Crippen molar-refractivity contribution < 1.29 is 18.3 Å². The van der Waals surface area contributed by atoms with Gasteiger partial charge in [-0.15, -0.1) is 0 Å². The topological polar surface area (TPSA) is 44.2 Å². The molecule has 1 aromatic carbocycles. The maximum Gasteiger partial charge on any atom is 0.159 e. The summed E-state index contributed by atoms with van der Waals surface area (Å²) in [7, 11) is 0. The van der Waals surface area contributed by atoms with E-state index >= 15 is 0 Å². The molecule has 0 radical (unpaired) electrons. The zero-order chi connectivity index (χ0) is 22.3. The highest BCUT2D eigenvalue weighted by Gasteiger charge is 2.08. The zero-order valence-corrected chi connectivity index (χ0v) is 18.9. The van der Waals surface area contributed by atoms with Crippen molar-refractivity contribution in [3.8, 4) is 22.9 Å². The van der Waals surface area contributed by atoms with Crippen LogP contribution in [0.15, 0.2) is 36.7 Å². The smallest absolute Gasteiger partial charge is 0.159 e. The van der Waals surface area contributed by atoms with Gasteiger partial charge in [0, 0.05) is 18.4 Å². The number of hydrogen-bond acceptors (Lipinski definition) is 4. The summed E-state index contributed by atoms with van der Waals surface area (Å²) < 4.78 is 38.5. The molecular formula is C25H36F2N2O2. The first-order valence-electron chi connectivity index (χ1n) is 11.6. The number of nitrogens with zero attached hydrogens (tertiary/aromatic N) is 2. The van der Waals surface area contributed by atoms with Crippen LogP contribution in [0.4, 0.5) is 8.78 Å². The highest BCUT2D eigenvalue weighted by Crippen LogP contribution is 2.21. The van der Waals surface area contributed by atoms with Gasteiger partial charge < -0.3 is 9.47 Å². The number of hydrogen-bond donors (Lipinski definition) is 0. The highest BCUT2D eigenvalue weighted by atomic mass is 19.1. The van der Waals surface area contributed by atoms with Crippen LogP contribution >= 0.6 is 0 Å². The number of benzene rings is 1. The Morgan fingerprint density at radius 3 is 1.94 bits per heavy atom. The molecule has 1 heterocycles. The Morgan fingerprint density at radius 1 is 0.710 bits per heavy atom. The van der Waals surface area contributed by atoms with Gasteiger partial charge in [-0.3, -0.25) is 0 Å². The third kappa shape index (κ3) is 10.1. The van der Waals surface area contributed by atoms with E-state index in [1.807, 2.05) is 31.2 Å². The molecule has 0 N–H and O–H groups in total. The van der Waals surface area contributed by atoms with E-state index in [2.05, 4.69) is 16.9 Å². The molecule has 2 aromatic rings. The van der Waals surface area contributed by atoms with E-state index in [0.29, 0.717) is 56.2 Å². The van der Waals surface area contributed by atoms with Crippen molar-refractivity contribution >= 4 is 0 Å². The van der Waals surface area contributed by atoms with Gasteiger partial charge >= 0.3 is 0 Å². The number of unbranched alkanes of at least 4 members (excludes halogenated alkanes) is 3. The van der Waals surface area contributed by atoms with Gasteiger partial charge in [-0.25, -0.2) is 18.7 Å². The van der Waals surface area contributed by atoms with Crippen LogP contribution < -0.4 is 9.47 Å². The van der Waals surface area contributed by atoms with Gasteiger partial charge in [0.25, 0.3) is 0 Å². The molecule has 6 heteroatoms. The fraction of sp³-hybridized carbons (Fsp3) is 0.600. The quantitative estimate of drug-likeness (QED) is 0.264. The molecule has 172 valence electrons. The lowest BCUT2D eigenvalue weighted by Crippen LogP contribution is -2.08. The van der Waals surface area contributed by atoms with E-state index in [1.54, 1.807) is 12.4 Å². The Labute approximate surface area is 185 Å². The van der Waals surface area contributed by atoms with Crippen LogP contribution in [0.2, 0.25) is 0 Å². The van der Waals surface area contributed by atoms with Crippen molar-refractivity contribution in [2.24, 2.45) is 0 Å². The molecule has 0 fully saturated rings. The first kappa shape index (κ1) is 25.0. The molecule has 0 saturated carbocycles. The van der Waals surface area contributed by atoms with Gasteiger partial charge in [0.2, 0.25) is 0 Å². The lowest BCUT2D eigenvalue weighted by atomic mass is 10.1. The van der Waals surface area contributed by atoms with E-state index < -0.39 is 12.3 Å². The first-order chi connectivity index (χ1) is 15.1. The maximum atomic E-state index is 13.9. The molecule has 2 rings (SSSR count). The summed E-state index contributed by atoms with van der Waals surface area (Å²) in [5.41, 5.74) is 0.851. The van der Waals surface area contributed by atoms with Crippen molar-refractivity contribution in [2.45, 2.75) is 84.0 Å². The molecule has 0 spiro atoms. The van der Waals surface area contributed by atoms with Crippen LogP contribution in [0.3, 0.4) is 0 Å². The first-order valence-corrected chi connectivity index (χ1v) is 11.6. The Balaban J connectivity index is 1.72. The monoisotopic (exact) mass is 434 g/mol. The minimum atomic E-state index is -0.819. The highest BCUT2D eigenvalue weighted by molar-refractivity contribution is 5.56. The maximum absolute atomic E-state index is 13.9. The van der Waals surface area contributed by atoms with Crippen molar-refractivity contribution in [3.05, 3.63) is 36.7 Å². The van der Waals surface area contributed by atoms with Crippen LogP contribution in [0.1, 0.15) is 71.6 Å². The SMILES string of the molecule is CCCCCC[C@@H](F)CCOc1cnc(-c2ccc(OCC[C@H](F)CCC)cc2)nc1. The molecule has 2 atom stereocenters. The summed E-state index contributed by atoms with van der Waals surface area (Å²) >= 11 is 0. The molecule has 0 aliphatic heterocycles. The summed E-state index contributed by atoms with van der Waals surface area (Å²) in [5.74, 6) is 1.81. The van der Waals surface area contributed by atoms with Gasteiger partial charge in [0.1, 0.15) is 18.1 Å². The van der Waals surface area contributed by atoms with Crippen LogP contribution in [0.5, 0.6) is 11.5 Å². The molecule has 0 unspecified atom stereocenters. The molecule has 0 aliphatic carbocycles. The van der Waals surface area contributed by atoms with Crippen molar-refractivity contribution in [1.82, 2.24) is 9.97 Å². The Hall–Kier alpha value is -2.24. The summed E-state index contributed by atoms with van der Waals surface area (Å²) in [6.45, 7) is 4.81. The van der Waals surface area contributed by atoms with Gasteiger partial charge in [-0.05, 0) is 37.1 Å². The van der Waals surface area contributed by atoms with Crippen molar-refractivity contribution in [2.75, 3.05) is 13.2 Å². The minimum Gasteiger partial charge on any atom is -0.493 e. The van der Waals surface area contributed by atoms with E-state index in [-0.39, 0.29) is 0 Å². The second kappa shape index (κ2) is 14.7. The number of aromatic nitrogens is 2. The second-order valence-corrected chi connectivity index (χ2v) is 7.87. The molecular weight excluding hydrogens is 398 g/mol. The Kier molecular flexibility index (Phi) is 11.9. The number of alkyl halides is 2. The number of ether oxygens (including phenoxy) is 2. The number of rotatable bonds is 16. The van der Waals surface area contributed by atoms with Gasteiger partial charge in [0.05, 0.1) is 25.6 Å². The minimum absolute atomic E-state index is 0.321. The lowest BCUT2D eigenvalue weighted by molar-refractivity contribution is 0.221. The van der Waals surface area contributed by atoms with E-state index in [9.17, 15) is 8.78 Å². The van der Waals surface area contributed by atoms with Crippen LogP contribution in [0.25, 0.3) is 11.4 Å². The zero-order valence-electron chi connectivity index (χ0n) is 18.9. The van der Waals surface area contributed by atoms with Crippen LogP contribution in [-0.2, 0) is 0 Å². The Bertz CT molecular complexity index is 710. The summed E-state index contributed by atoms with van der Waals surface area (Å²) in [4.78, 5) is 8.66. The van der Waals surface area contributed by atoms with Gasteiger partial charge in [0.15, 0.2) is 11.6 Å². The van der Waals surface area contributed by atoms with Crippen LogP contribution in [-0.4, -0.2) is 35.5 Å². The third-order valence-electron chi connectivity index (χ3n) is 5.11. The second-order valence-electron chi connectivity index (χ2n) is 7.87. The number of halogens is 2. The van der Waals surface area contributed by atoms with E-state index in [4.69, 9.17) is 9.47 Å². The fourth-order valence-corrected chi connectivity index (χ4v) is 3.24. The normalized spacial score (nSPS) is 13.0. The summed E-state index contributed by atoms with van der Waals surface area (Å²) in [6.07, 6.45) is 8.76. The van der Waals surface area contributed by atoms with Gasteiger partial charge in [-0.2, -0.15) is 0 Å². The third-order valence-corrected chi connectivity index (χ3v) is 5.11. The molecule has 0 amide bonds. The standard InChI is InChI=1S/C25H36F2N2O2/c1-3-5-6-7-9-22(27)15-17-31-24-18-28-25(29-19-24)20-10-12-23(13-11-20)30-16-14-21(26)8-4-2/h10-13,18-19,21-22H,3-9,14-17H2,1-2H3/t21-,22-/m1/s1. The average Bonchev–Trinajstić information content (AvgIpc) is 2.78. The Morgan fingerprint density at radius 2 is 1.32 bits per heavy atom. The predicted molar refractivity (Wildman–Crippen MR) is 121 cm³/mol. The molecule has 0 saturated heterocycles.